The SMILES string of the molecule is CCOC(=O)Cc1ccc(NC(=O)[C@H](C)NC(=O)c2ccc3c(c2)c(=O)n(-c2ccccc2)n3C2CCCCC2)cc1. The molecule has 1 atom stereocenters. The molecule has 2 N–H and O–H groups in total. The van der Waals surface area contributed by atoms with E-state index in [1.807, 2.05) is 36.4 Å². The topological polar surface area (TPSA) is 111 Å². The van der Waals surface area contributed by atoms with E-state index in [0.717, 1.165) is 42.5 Å². The van der Waals surface area contributed by atoms with Crippen molar-refractivity contribution in [1.82, 2.24) is 14.7 Å². The number of aromatic nitrogens is 2. The molecule has 0 aliphatic heterocycles. The molecule has 1 saturated carbocycles. The zero-order chi connectivity index (χ0) is 29.6. The van der Waals surface area contributed by atoms with Crippen molar-refractivity contribution in [2.45, 2.75) is 64.5 Å². The first-order chi connectivity index (χ1) is 20.4. The van der Waals surface area contributed by atoms with Gasteiger partial charge in [0.15, 0.2) is 0 Å². The average molecular weight is 569 g/mol. The van der Waals surface area contributed by atoms with Crippen LogP contribution in [-0.4, -0.2) is 39.8 Å². The molecule has 218 valence electrons. The average Bonchev–Trinajstić information content (AvgIpc) is 3.30. The van der Waals surface area contributed by atoms with Crippen LogP contribution in [-0.2, 0) is 20.7 Å². The molecule has 0 spiro atoms. The molecule has 9 heteroatoms. The Balaban J connectivity index is 1.32. The van der Waals surface area contributed by atoms with Gasteiger partial charge >= 0.3 is 5.97 Å². The van der Waals surface area contributed by atoms with Gasteiger partial charge in [-0.2, -0.15) is 0 Å². The summed E-state index contributed by atoms with van der Waals surface area (Å²) in [6.45, 7) is 3.68. The molecule has 0 bridgehead atoms. The number of hydrogen-bond acceptors (Lipinski definition) is 5. The van der Waals surface area contributed by atoms with E-state index >= 15 is 0 Å². The number of rotatable bonds is 9. The van der Waals surface area contributed by atoms with Gasteiger partial charge in [0.25, 0.3) is 11.5 Å². The molecule has 9 nitrogen and oxygen atoms in total. The summed E-state index contributed by atoms with van der Waals surface area (Å²) in [6, 6.07) is 21.0. The largest absolute Gasteiger partial charge is 0.466 e. The van der Waals surface area contributed by atoms with Gasteiger partial charge in [-0.25, -0.2) is 4.68 Å². The quantitative estimate of drug-likeness (QED) is 0.271. The van der Waals surface area contributed by atoms with Crippen molar-refractivity contribution in [3.63, 3.8) is 0 Å². The molecule has 1 aliphatic carbocycles. The second-order valence-electron chi connectivity index (χ2n) is 10.7. The fourth-order valence-electron chi connectivity index (χ4n) is 5.55. The Morgan fingerprint density at radius 2 is 1.67 bits per heavy atom. The van der Waals surface area contributed by atoms with E-state index < -0.39 is 17.9 Å². The van der Waals surface area contributed by atoms with E-state index in [0.29, 0.717) is 23.2 Å². The van der Waals surface area contributed by atoms with E-state index in [1.165, 1.54) is 6.42 Å². The second kappa shape index (κ2) is 12.9. The highest BCUT2D eigenvalue weighted by Crippen LogP contribution is 2.32. The van der Waals surface area contributed by atoms with Crippen LogP contribution in [0, 0.1) is 0 Å². The van der Waals surface area contributed by atoms with Crippen molar-refractivity contribution < 1.29 is 19.1 Å². The number of para-hydroxylation sites is 1. The first-order valence-electron chi connectivity index (χ1n) is 14.5. The maximum Gasteiger partial charge on any atom is 0.310 e. The smallest absolute Gasteiger partial charge is 0.310 e. The third kappa shape index (κ3) is 6.30. The zero-order valence-electron chi connectivity index (χ0n) is 24.0. The lowest BCUT2D eigenvalue weighted by Crippen LogP contribution is -2.41. The molecule has 0 unspecified atom stereocenters. The van der Waals surface area contributed by atoms with E-state index in [1.54, 1.807) is 54.9 Å². The first kappa shape index (κ1) is 28.9. The summed E-state index contributed by atoms with van der Waals surface area (Å²) < 4.78 is 8.79. The molecular formula is C33H36N4O5. The van der Waals surface area contributed by atoms with E-state index in [-0.39, 0.29) is 24.0 Å². The first-order valence-corrected chi connectivity index (χ1v) is 14.5. The molecule has 1 fully saturated rings. The maximum atomic E-state index is 13.7. The lowest BCUT2D eigenvalue weighted by molar-refractivity contribution is -0.142. The zero-order valence-corrected chi connectivity index (χ0v) is 24.0. The molecule has 1 aliphatic rings. The lowest BCUT2D eigenvalue weighted by atomic mass is 9.95. The lowest BCUT2D eigenvalue weighted by Gasteiger charge is -2.26. The number of carbonyl (C=O) groups is 3. The molecule has 5 rings (SSSR count). The highest BCUT2D eigenvalue weighted by molar-refractivity contribution is 6.02. The van der Waals surface area contributed by atoms with Gasteiger partial charge in [0.05, 0.1) is 35.7 Å². The summed E-state index contributed by atoms with van der Waals surface area (Å²) in [6.07, 6.45) is 5.58. The number of ether oxygens (including phenoxy) is 1. The fourth-order valence-corrected chi connectivity index (χ4v) is 5.55. The summed E-state index contributed by atoms with van der Waals surface area (Å²) >= 11 is 0. The Bertz CT molecular complexity index is 1630. The molecule has 42 heavy (non-hydrogen) atoms. The van der Waals surface area contributed by atoms with Crippen molar-refractivity contribution in [1.29, 1.82) is 0 Å². The Morgan fingerprint density at radius 1 is 0.952 bits per heavy atom. The minimum Gasteiger partial charge on any atom is -0.466 e. The van der Waals surface area contributed by atoms with Crippen LogP contribution in [0.4, 0.5) is 5.69 Å². The molecule has 1 aromatic heterocycles. The molecule has 0 saturated heterocycles. The summed E-state index contributed by atoms with van der Waals surface area (Å²) in [7, 11) is 0. The van der Waals surface area contributed by atoms with Gasteiger partial charge < -0.3 is 15.4 Å². The predicted octanol–water partition coefficient (Wildman–Crippen LogP) is 5.16. The Labute approximate surface area is 244 Å². The normalized spacial score (nSPS) is 14.3. The van der Waals surface area contributed by atoms with Crippen molar-refractivity contribution in [2.24, 2.45) is 0 Å². The standard InChI is InChI=1S/C33H36N4O5/c1-3-42-30(38)20-23-14-17-25(18-15-23)35-31(39)22(2)34-32(40)24-16-19-29-28(21-24)33(41)37(27-12-8-5-9-13-27)36(29)26-10-6-4-7-11-26/h5,8-9,12-19,21-22,26H,3-4,6-7,10-11,20H2,1-2H3,(H,34,40)(H,35,39)/t22-/m0/s1. The van der Waals surface area contributed by atoms with Crippen LogP contribution in [0.15, 0.2) is 77.6 Å². The minimum atomic E-state index is -0.833. The third-order valence-corrected chi connectivity index (χ3v) is 7.68. The van der Waals surface area contributed by atoms with Crippen molar-refractivity contribution in [3.05, 3.63) is 94.3 Å². The van der Waals surface area contributed by atoms with E-state index in [4.69, 9.17) is 4.74 Å². The number of hydrogen-bond donors (Lipinski definition) is 2. The number of benzene rings is 3. The number of carbonyl (C=O) groups excluding carboxylic acids is 3. The molecule has 1 heterocycles. The van der Waals surface area contributed by atoms with Crippen molar-refractivity contribution in [3.8, 4) is 5.69 Å². The summed E-state index contributed by atoms with van der Waals surface area (Å²) in [5.74, 6) is -1.15. The summed E-state index contributed by atoms with van der Waals surface area (Å²) in [5.41, 5.74) is 3.03. The van der Waals surface area contributed by atoms with Crippen LogP contribution in [0.2, 0.25) is 0 Å². The number of fused-ring (bicyclic) bond motifs is 1. The van der Waals surface area contributed by atoms with Gasteiger partial charge in [0.1, 0.15) is 6.04 Å². The van der Waals surface area contributed by atoms with Gasteiger partial charge in [-0.15, -0.1) is 0 Å². The highest BCUT2D eigenvalue weighted by Gasteiger charge is 2.25. The van der Waals surface area contributed by atoms with Crippen molar-refractivity contribution in [2.75, 3.05) is 11.9 Å². The Morgan fingerprint density at radius 3 is 2.36 bits per heavy atom. The number of amides is 2. The van der Waals surface area contributed by atoms with Crippen LogP contribution in [0.1, 0.15) is 67.9 Å². The third-order valence-electron chi connectivity index (χ3n) is 7.68. The van der Waals surface area contributed by atoms with Crippen LogP contribution < -0.4 is 16.2 Å². The van der Waals surface area contributed by atoms with Gasteiger partial charge in [0.2, 0.25) is 5.91 Å². The van der Waals surface area contributed by atoms with Crippen LogP contribution in [0.5, 0.6) is 0 Å². The number of anilines is 1. The number of esters is 1. The van der Waals surface area contributed by atoms with Gasteiger partial charge in [-0.1, -0.05) is 49.6 Å². The maximum absolute atomic E-state index is 13.7. The highest BCUT2D eigenvalue weighted by atomic mass is 16.5. The van der Waals surface area contributed by atoms with Gasteiger partial charge in [-0.05, 0) is 74.7 Å². The van der Waals surface area contributed by atoms with Gasteiger partial charge in [-0.3, -0.25) is 23.9 Å². The van der Waals surface area contributed by atoms with E-state index in [2.05, 4.69) is 15.3 Å². The number of nitrogens with zero attached hydrogens (tertiary/aromatic N) is 2. The second-order valence-corrected chi connectivity index (χ2v) is 10.7. The predicted molar refractivity (Wildman–Crippen MR) is 162 cm³/mol. The summed E-state index contributed by atoms with van der Waals surface area (Å²) in [4.78, 5) is 51.4. The fraction of sp³-hybridized carbons (Fsp3) is 0.333. The van der Waals surface area contributed by atoms with Crippen LogP contribution >= 0.6 is 0 Å². The van der Waals surface area contributed by atoms with Crippen molar-refractivity contribution >= 4 is 34.4 Å². The molecule has 0 radical (unpaired) electrons. The van der Waals surface area contributed by atoms with Crippen LogP contribution in [0.25, 0.3) is 16.6 Å². The number of nitrogens with one attached hydrogen (secondary N) is 2. The minimum absolute atomic E-state index is 0.152. The molecule has 3 aromatic carbocycles. The van der Waals surface area contributed by atoms with E-state index in [9.17, 15) is 19.2 Å². The monoisotopic (exact) mass is 568 g/mol. The summed E-state index contributed by atoms with van der Waals surface area (Å²) in [5, 5.41) is 5.99. The Kier molecular flexibility index (Phi) is 8.85. The molecule has 2 amide bonds. The van der Waals surface area contributed by atoms with Crippen LogP contribution in [0.3, 0.4) is 0 Å². The molecular weight excluding hydrogens is 532 g/mol. The molecule has 4 aromatic rings. The van der Waals surface area contributed by atoms with Gasteiger partial charge in [0, 0.05) is 11.3 Å². The Hall–Kier alpha value is -4.66.